The Labute approximate surface area is 219 Å². The van der Waals surface area contributed by atoms with Crippen LogP contribution in [0.4, 0.5) is 17.5 Å². The summed E-state index contributed by atoms with van der Waals surface area (Å²) in [6.45, 7) is 4.96. The predicted molar refractivity (Wildman–Crippen MR) is 145 cm³/mol. The minimum Gasteiger partial charge on any atom is -0.383 e. The van der Waals surface area contributed by atoms with Gasteiger partial charge in [0.25, 0.3) is 0 Å². The number of nitrogens with two attached hydrogens (primary N) is 2. The first-order valence-electron chi connectivity index (χ1n) is 12.5. The molecule has 1 aromatic carbocycles. The number of nitrogens with zero attached hydrogens (tertiary/aromatic N) is 4. The molecule has 0 amide bonds. The van der Waals surface area contributed by atoms with Gasteiger partial charge in [0.05, 0.1) is 22.2 Å². The van der Waals surface area contributed by atoms with Crippen molar-refractivity contribution in [1.82, 2.24) is 15.0 Å². The number of halogens is 1. The Kier molecular flexibility index (Phi) is 5.89. The summed E-state index contributed by atoms with van der Waals surface area (Å²) < 4.78 is 13.7. The Bertz CT molecular complexity index is 1350. The van der Waals surface area contributed by atoms with Crippen LogP contribution in [0.5, 0.6) is 0 Å². The number of rotatable bonds is 4. The van der Waals surface area contributed by atoms with Crippen molar-refractivity contribution in [1.29, 1.82) is 0 Å². The normalized spacial score (nSPS) is 27.0. The lowest BCUT2D eigenvalue weighted by molar-refractivity contribution is -0.314. The lowest BCUT2D eigenvalue weighted by Crippen LogP contribution is -2.48. The summed E-state index contributed by atoms with van der Waals surface area (Å²) in [7, 11) is 0. The number of aromatic nitrogens is 3. The summed E-state index contributed by atoms with van der Waals surface area (Å²) >= 11 is 3.45. The van der Waals surface area contributed by atoms with E-state index in [1.165, 1.54) is 0 Å². The average Bonchev–Trinajstić information content (AvgIpc) is 3.44. The molecule has 2 aromatic heterocycles. The van der Waals surface area contributed by atoms with Crippen LogP contribution in [0.1, 0.15) is 44.2 Å². The predicted octanol–water partition coefficient (Wildman–Crippen LogP) is 4.72. The molecule has 4 atom stereocenters. The van der Waals surface area contributed by atoms with Crippen LogP contribution < -0.4 is 16.4 Å². The number of anilines is 3. The van der Waals surface area contributed by atoms with Gasteiger partial charge in [-0.15, -0.1) is 0 Å². The van der Waals surface area contributed by atoms with Crippen molar-refractivity contribution < 1.29 is 9.47 Å². The largest absolute Gasteiger partial charge is 0.383 e. The first-order valence-corrected chi connectivity index (χ1v) is 13.3. The second-order valence-corrected chi connectivity index (χ2v) is 11.3. The van der Waals surface area contributed by atoms with E-state index in [2.05, 4.69) is 66.1 Å². The maximum atomic E-state index is 6.45. The van der Waals surface area contributed by atoms with Gasteiger partial charge in [0, 0.05) is 29.5 Å². The number of hydrogen-bond donors (Lipinski definition) is 2. The summed E-state index contributed by atoms with van der Waals surface area (Å²) in [6.07, 6.45) is 9.86. The zero-order valence-corrected chi connectivity index (χ0v) is 22.1. The molecule has 36 heavy (non-hydrogen) atoms. The third kappa shape index (κ3) is 4.33. The molecular formula is C27H31BrN6O2. The Balaban J connectivity index is 1.18. The molecular weight excluding hydrogens is 520 g/mol. The summed E-state index contributed by atoms with van der Waals surface area (Å²) in [5.41, 5.74) is 15.1. The highest BCUT2D eigenvalue weighted by molar-refractivity contribution is 9.10. The van der Waals surface area contributed by atoms with Crippen LogP contribution in [-0.4, -0.2) is 45.5 Å². The zero-order valence-electron chi connectivity index (χ0n) is 20.5. The lowest BCUT2D eigenvalue weighted by Gasteiger charge is -2.43. The summed E-state index contributed by atoms with van der Waals surface area (Å²) in [5, 5.41) is 1.05. The van der Waals surface area contributed by atoms with Crippen LogP contribution in [0.3, 0.4) is 0 Å². The fourth-order valence-electron chi connectivity index (χ4n) is 6.07. The maximum absolute atomic E-state index is 6.45. The van der Waals surface area contributed by atoms with Crippen molar-refractivity contribution in [2.45, 2.75) is 63.6 Å². The van der Waals surface area contributed by atoms with Gasteiger partial charge in [-0.05, 0) is 73.2 Å². The van der Waals surface area contributed by atoms with E-state index < -0.39 is 5.79 Å². The maximum Gasteiger partial charge on any atom is 0.163 e. The van der Waals surface area contributed by atoms with Crippen LogP contribution in [0.15, 0.2) is 41.1 Å². The molecule has 0 bridgehead atoms. The van der Waals surface area contributed by atoms with Crippen molar-refractivity contribution in [3.63, 3.8) is 0 Å². The van der Waals surface area contributed by atoms with E-state index in [9.17, 15) is 0 Å². The molecule has 4 heterocycles. The molecule has 2 aliphatic heterocycles. The highest BCUT2D eigenvalue weighted by Crippen LogP contribution is 2.45. The second kappa shape index (κ2) is 8.97. The molecule has 1 saturated carbocycles. The van der Waals surface area contributed by atoms with Crippen molar-refractivity contribution in [3.8, 4) is 0 Å². The van der Waals surface area contributed by atoms with Crippen molar-refractivity contribution in [3.05, 3.63) is 52.3 Å². The van der Waals surface area contributed by atoms with Gasteiger partial charge in [0.1, 0.15) is 23.8 Å². The minimum atomic E-state index is -0.609. The van der Waals surface area contributed by atoms with E-state index in [-0.39, 0.29) is 12.2 Å². The number of fused-ring (bicyclic) bond motifs is 3. The molecule has 6 rings (SSSR count). The van der Waals surface area contributed by atoms with E-state index in [4.69, 9.17) is 20.9 Å². The number of hydrogen-bond acceptors (Lipinski definition) is 8. The van der Waals surface area contributed by atoms with Crippen LogP contribution in [-0.2, 0) is 15.9 Å². The molecule has 1 saturated heterocycles. The van der Waals surface area contributed by atoms with Crippen LogP contribution >= 0.6 is 15.9 Å². The molecule has 8 nitrogen and oxygen atoms in total. The van der Waals surface area contributed by atoms with Gasteiger partial charge in [-0.1, -0.05) is 24.3 Å². The quantitative estimate of drug-likeness (QED) is 0.479. The molecule has 2 unspecified atom stereocenters. The van der Waals surface area contributed by atoms with E-state index in [0.29, 0.717) is 23.6 Å². The van der Waals surface area contributed by atoms with Crippen LogP contribution in [0, 0.1) is 5.92 Å². The molecule has 2 fully saturated rings. The van der Waals surface area contributed by atoms with Crippen LogP contribution in [0.25, 0.3) is 17.0 Å². The first kappa shape index (κ1) is 23.6. The van der Waals surface area contributed by atoms with Crippen molar-refractivity contribution in [2.75, 3.05) is 22.9 Å². The Hall–Kier alpha value is -2.75. The van der Waals surface area contributed by atoms with E-state index in [0.717, 1.165) is 64.5 Å². The summed E-state index contributed by atoms with van der Waals surface area (Å²) in [4.78, 5) is 15.6. The minimum absolute atomic E-state index is 0.0859. The lowest BCUT2D eigenvalue weighted by atomic mass is 9.93. The molecule has 188 valence electrons. The van der Waals surface area contributed by atoms with E-state index in [1.54, 1.807) is 6.33 Å². The Morgan fingerprint density at radius 1 is 1.14 bits per heavy atom. The van der Waals surface area contributed by atoms with Gasteiger partial charge < -0.3 is 25.8 Å². The van der Waals surface area contributed by atoms with Crippen LogP contribution in [0.2, 0.25) is 0 Å². The Morgan fingerprint density at radius 3 is 2.86 bits per heavy atom. The van der Waals surface area contributed by atoms with E-state index >= 15 is 0 Å². The molecule has 1 aliphatic carbocycles. The zero-order chi connectivity index (χ0) is 25.0. The van der Waals surface area contributed by atoms with Gasteiger partial charge in [0.2, 0.25) is 0 Å². The molecule has 3 aliphatic rings. The highest BCUT2D eigenvalue weighted by atomic mass is 79.9. The standard InChI is InChI=1S/C27H31BrN6O2/c1-27(2)35-22(5-3-4-15-6-7-16-11-20(28)25(30)33-21(16)10-15)19-12-17(13-23(19)36-27)34-9-8-18-24(29)31-14-32-26(18)34/h3-4,6-7,10-11,14,17,19,22-23H,5,8-9,12-13H2,1-2H3,(H2,30,33)(H2,29,31,32)/b4-3+/t17-,19?,22+,23?/m1/s1. The molecule has 0 radical (unpaired) electrons. The SMILES string of the molecule is CC1(C)OC2C[C@H](N3CCc4c(N)ncnc43)CC2[C@H](C/C=C/c2ccc3cc(Br)c(N)nc3c2)O1. The van der Waals surface area contributed by atoms with Gasteiger partial charge in [-0.2, -0.15) is 0 Å². The van der Waals surface area contributed by atoms with Crippen molar-refractivity contribution >= 4 is 50.4 Å². The topological polar surface area (TPSA) is 112 Å². The van der Waals surface area contributed by atoms with E-state index in [1.807, 2.05) is 19.9 Å². The first-order chi connectivity index (χ1) is 17.3. The monoisotopic (exact) mass is 550 g/mol. The smallest absolute Gasteiger partial charge is 0.163 e. The fourth-order valence-corrected chi connectivity index (χ4v) is 6.40. The number of benzene rings is 1. The molecule has 0 spiro atoms. The average molecular weight is 551 g/mol. The van der Waals surface area contributed by atoms with Gasteiger partial charge in [0.15, 0.2) is 5.79 Å². The number of pyridine rings is 1. The van der Waals surface area contributed by atoms with Gasteiger partial charge in [-0.3, -0.25) is 0 Å². The second-order valence-electron chi connectivity index (χ2n) is 10.5. The van der Waals surface area contributed by atoms with Crippen molar-refractivity contribution in [2.24, 2.45) is 5.92 Å². The van der Waals surface area contributed by atoms with Gasteiger partial charge in [-0.25, -0.2) is 15.0 Å². The number of nitrogen functional groups attached to an aromatic ring is 2. The number of ether oxygens (including phenoxy) is 2. The molecule has 9 heteroatoms. The summed E-state index contributed by atoms with van der Waals surface area (Å²) in [6, 6.07) is 8.60. The van der Waals surface area contributed by atoms with Gasteiger partial charge >= 0.3 is 0 Å². The fraction of sp³-hybridized carbons (Fsp3) is 0.444. The third-order valence-electron chi connectivity index (χ3n) is 7.65. The summed E-state index contributed by atoms with van der Waals surface area (Å²) in [5.74, 6) is 1.80. The highest BCUT2D eigenvalue weighted by Gasteiger charge is 2.50. The third-order valence-corrected chi connectivity index (χ3v) is 8.28. The molecule has 3 aromatic rings. The Morgan fingerprint density at radius 2 is 2.00 bits per heavy atom. The molecule has 4 N–H and O–H groups in total.